The van der Waals surface area contributed by atoms with E-state index in [0.29, 0.717) is 16.3 Å². The molecule has 0 amide bonds. The minimum absolute atomic E-state index is 0.278. The number of allylic oxidation sites excluding steroid dienone is 2. The van der Waals surface area contributed by atoms with Crippen LogP contribution in [0.5, 0.6) is 0 Å². The molecule has 0 bridgehead atoms. The van der Waals surface area contributed by atoms with Crippen LogP contribution in [0.3, 0.4) is 0 Å². The Morgan fingerprint density at radius 2 is 2.21 bits per heavy atom. The number of carboxylic acids is 1. The van der Waals surface area contributed by atoms with Crippen LogP contribution in [0.1, 0.15) is 18.4 Å². The SMILES string of the molecule is CSC1=CC(c2cccc(Cl)c2)C(C(=O)O)=C(C)N1. The van der Waals surface area contributed by atoms with E-state index in [4.69, 9.17) is 11.6 Å². The number of rotatable bonds is 3. The van der Waals surface area contributed by atoms with Crippen molar-refractivity contribution in [3.05, 3.63) is 57.2 Å². The number of halogens is 1. The second-order valence-corrected chi connectivity index (χ2v) is 5.52. The number of hydrogen-bond acceptors (Lipinski definition) is 3. The van der Waals surface area contributed by atoms with Crippen LogP contribution >= 0.6 is 23.4 Å². The highest BCUT2D eigenvalue weighted by Crippen LogP contribution is 2.35. The molecule has 0 saturated carbocycles. The second kappa shape index (κ2) is 5.72. The average Bonchev–Trinajstić information content (AvgIpc) is 2.37. The fourth-order valence-electron chi connectivity index (χ4n) is 2.14. The highest BCUT2D eigenvalue weighted by atomic mass is 35.5. The number of dihydropyridines is 1. The minimum Gasteiger partial charge on any atom is -0.478 e. The third-order valence-corrected chi connectivity index (χ3v) is 3.91. The van der Waals surface area contributed by atoms with Gasteiger partial charge in [0.1, 0.15) is 0 Å². The quantitative estimate of drug-likeness (QED) is 0.895. The monoisotopic (exact) mass is 295 g/mol. The summed E-state index contributed by atoms with van der Waals surface area (Å²) in [6.07, 6.45) is 3.87. The molecule has 2 rings (SSSR count). The van der Waals surface area contributed by atoms with Gasteiger partial charge in [-0.05, 0) is 37.0 Å². The Kier molecular flexibility index (Phi) is 4.22. The van der Waals surface area contributed by atoms with Gasteiger partial charge in [0.15, 0.2) is 0 Å². The van der Waals surface area contributed by atoms with Crippen molar-refractivity contribution in [2.45, 2.75) is 12.8 Å². The van der Waals surface area contributed by atoms with E-state index in [-0.39, 0.29) is 5.92 Å². The lowest BCUT2D eigenvalue weighted by Gasteiger charge is -2.25. The van der Waals surface area contributed by atoms with E-state index in [1.54, 1.807) is 24.8 Å². The van der Waals surface area contributed by atoms with Gasteiger partial charge in [-0.3, -0.25) is 0 Å². The van der Waals surface area contributed by atoms with Gasteiger partial charge in [0.25, 0.3) is 0 Å². The molecule has 3 nitrogen and oxygen atoms in total. The zero-order chi connectivity index (χ0) is 14.0. The maximum absolute atomic E-state index is 11.5. The van der Waals surface area contributed by atoms with Crippen LogP contribution in [-0.4, -0.2) is 17.3 Å². The van der Waals surface area contributed by atoms with Crippen LogP contribution in [0.25, 0.3) is 0 Å². The van der Waals surface area contributed by atoms with E-state index in [2.05, 4.69) is 5.32 Å². The first-order chi connectivity index (χ1) is 9.02. The van der Waals surface area contributed by atoms with Crippen LogP contribution < -0.4 is 5.32 Å². The first kappa shape index (κ1) is 14.0. The van der Waals surface area contributed by atoms with Gasteiger partial charge < -0.3 is 10.4 Å². The standard InChI is InChI=1S/C14H14ClNO2S/c1-8-13(14(17)18)11(7-12(16-8)19-2)9-4-3-5-10(15)6-9/h3-7,11,16H,1-2H3,(H,17,18). The van der Waals surface area contributed by atoms with E-state index < -0.39 is 5.97 Å². The Morgan fingerprint density at radius 3 is 2.79 bits per heavy atom. The van der Waals surface area contributed by atoms with Crippen LogP contribution in [-0.2, 0) is 4.79 Å². The van der Waals surface area contributed by atoms with Crippen molar-refractivity contribution in [1.29, 1.82) is 0 Å². The van der Waals surface area contributed by atoms with Gasteiger partial charge >= 0.3 is 5.97 Å². The predicted octanol–water partition coefficient (Wildman–Crippen LogP) is 3.59. The van der Waals surface area contributed by atoms with E-state index in [9.17, 15) is 9.90 Å². The summed E-state index contributed by atoms with van der Waals surface area (Å²) in [5.41, 5.74) is 1.92. The molecule has 5 heteroatoms. The Balaban J connectivity index is 2.51. The van der Waals surface area contributed by atoms with Crippen molar-refractivity contribution in [2.75, 3.05) is 6.26 Å². The molecule has 0 aliphatic carbocycles. The third-order valence-electron chi connectivity index (χ3n) is 3.00. The van der Waals surface area contributed by atoms with Crippen molar-refractivity contribution in [1.82, 2.24) is 5.32 Å². The van der Waals surface area contributed by atoms with Gasteiger partial charge in [-0.2, -0.15) is 0 Å². The summed E-state index contributed by atoms with van der Waals surface area (Å²) in [5.74, 6) is -1.19. The molecular formula is C14H14ClNO2S. The molecule has 19 heavy (non-hydrogen) atoms. The van der Waals surface area contributed by atoms with Crippen molar-refractivity contribution in [3.8, 4) is 0 Å². The summed E-state index contributed by atoms with van der Waals surface area (Å²) in [6.45, 7) is 1.78. The summed E-state index contributed by atoms with van der Waals surface area (Å²) in [6, 6.07) is 7.32. The highest BCUT2D eigenvalue weighted by Gasteiger charge is 2.27. The Hall–Kier alpha value is -1.39. The molecule has 0 spiro atoms. The molecule has 1 heterocycles. The molecule has 100 valence electrons. The van der Waals surface area contributed by atoms with Crippen LogP contribution in [0.4, 0.5) is 0 Å². The molecule has 0 fully saturated rings. The van der Waals surface area contributed by atoms with Crippen molar-refractivity contribution in [2.24, 2.45) is 0 Å². The number of aliphatic carboxylic acids is 1. The Labute approximate surface area is 121 Å². The van der Waals surface area contributed by atoms with Crippen LogP contribution in [0.2, 0.25) is 5.02 Å². The molecule has 0 saturated heterocycles. The predicted molar refractivity (Wildman–Crippen MR) is 79.3 cm³/mol. The topological polar surface area (TPSA) is 49.3 Å². The lowest BCUT2D eigenvalue weighted by atomic mass is 9.88. The van der Waals surface area contributed by atoms with Gasteiger partial charge in [0.05, 0.1) is 10.6 Å². The number of nitrogens with one attached hydrogen (secondary N) is 1. The normalized spacial score (nSPS) is 18.9. The maximum Gasteiger partial charge on any atom is 0.334 e. The number of thioether (sulfide) groups is 1. The largest absolute Gasteiger partial charge is 0.478 e. The van der Waals surface area contributed by atoms with E-state index in [0.717, 1.165) is 10.6 Å². The third kappa shape index (κ3) is 2.96. The molecule has 1 aromatic carbocycles. The molecule has 2 N–H and O–H groups in total. The molecule has 1 atom stereocenters. The summed E-state index contributed by atoms with van der Waals surface area (Å²) >= 11 is 7.55. The Morgan fingerprint density at radius 1 is 1.47 bits per heavy atom. The van der Waals surface area contributed by atoms with Gasteiger partial charge in [0, 0.05) is 16.6 Å². The lowest BCUT2D eigenvalue weighted by molar-refractivity contribution is -0.133. The van der Waals surface area contributed by atoms with Gasteiger partial charge in [0.2, 0.25) is 0 Å². The van der Waals surface area contributed by atoms with E-state index >= 15 is 0 Å². The van der Waals surface area contributed by atoms with Gasteiger partial charge in [-0.25, -0.2) is 4.79 Å². The molecule has 1 aliphatic heterocycles. The van der Waals surface area contributed by atoms with Crippen molar-refractivity contribution >= 4 is 29.3 Å². The zero-order valence-electron chi connectivity index (χ0n) is 10.6. The minimum atomic E-state index is -0.911. The summed E-state index contributed by atoms with van der Waals surface area (Å²) in [7, 11) is 0. The second-order valence-electron chi connectivity index (χ2n) is 4.24. The number of hydrogen-bond donors (Lipinski definition) is 2. The number of carbonyl (C=O) groups is 1. The van der Waals surface area contributed by atoms with E-state index in [1.807, 2.05) is 30.5 Å². The van der Waals surface area contributed by atoms with Crippen LogP contribution in [0.15, 0.2) is 46.6 Å². The zero-order valence-corrected chi connectivity index (χ0v) is 12.2. The molecule has 1 unspecified atom stereocenters. The fourth-order valence-corrected chi connectivity index (χ4v) is 2.86. The van der Waals surface area contributed by atoms with Gasteiger partial charge in [-0.1, -0.05) is 23.7 Å². The maximum atomic E-state index is 11.5. The first-order valence-corrected chi connectivity index (χ1v) is 7.35. The van der Waals surface area contributed by atoms with E-state index in [1.165, 1.54) is 0 Å². The molecule has 0 radical (unpaired) electrons. The summed E-state index contributed by atoms with van der Waals surface area (Å²) < 4.78 is 0. The molecular weight excluding hydrogens is 282 g/mol. The highest BCUT2D eigenvalue weighted by molar-refractivity contribution is 8.02. The average molecular weight is 296 g/mol. The smallest absolute Gasteiger partial charge is 0.334 e. The number of benzene rings is 1. The first-order valence-electron chi connectivity index (χ1n) is 5.75. The Bertz CT molecular complexity index is 581. The molecule has 0 aromatic heterocycles. The molecule has 1 aliphatic rings. The number of carboxylic acid groups (broad SMARTS) is 1. The molecule has 1 aromatic rings. The van der Waals surface area contributed by atoms with Crippen molar-refractivity contribution < 1.29 is 9.90 Å². The van der Waals surface area contributed by atoms with Crippen LogP contribution in [0, 0.1) is 0 Å². The fraction of sp³-hybridized carbons (Fsp3) is 0.214. The summed E-state index contributed by atoms with van der Waals surface area (Å²) in [4.78, 5) is 11.5. The lowest BCUT2D eigenvalue weighted by Crippen LogP contribution is -2.24. The van der Waals surface area contributed by atoms with Gasteiger partial charge in [-0.15, -0.1) is 11.8 Å². The summed E-state index contributed by atoms with van der Waals surface area (Å²) in [5, 5.41) is 14.1. The van der Waals surface area contributed by atoms with Crippen molar-refractivity contribution in [3.63, 3.8) is 0 Å².